The average molecular weight is 395 g/mol. The normalized spacial score (nSPS) is 11.2. The van der Waals surface area contributed by atoms with E-state index in [2.05, 4.69) is 4.98 Å². The molecule has 0 radical (unpaired) electrons. The molecule has 25 heavy (non-hydrogen) atoms. The van der Waals surface area contributed by atoms with Crippen molar-refractivity contribution in [2.45, 2.75) is 17.5 Å². The first-order chi connectivity index (χ1) is 12.1. The Kier molecular flexibility index (Phi) is 6.02. The van der Waals surface area contributed by atoms with Crippen LogP contribution >= 0.6 is 35.0 Å². The van der Waals surface area contributed by atoms with Gasteiger partial charge >= 0.3 is 0 Å². The largest absolute Gasteiger partial charge is 0.383 e. The third kappa shape index (κ3) is 4.36. The van der Waals surface area contributed by atoms with E-state index in [4.69, 9.17) is 27.9 Å². The lowest BCUT2D eigenvalue weighted by Gasteiger charge is -2.13. The van der Waals surface area contributed by atoms with Crippen LogP contribution in [0.25, 0.3) is 10.9 Å². The Morgan fingerprint density at radius 3 is 2.56 bits per heavy atom. The zero-order valence-corrected chi connectivity index (χ0v) is 15.9. The van der Waals surface area contributed by atoms with Gasteiger partial charge in [0.1, 0.15) is 0 Å². The molecule has 130 valence electrons. The first kappa shape index (κ1) is 18.3. The predicted molar refractivity (Wildman–Crippen MR) is 104 cm³/mol. The SMILES string of the molecule is COCCn1c(SCc2ccc(Cl)cc2)nc2cc(Cl)ccc2c1=O. The van der Waals surface area contributed by atoms with Crippen LogP contribution in [0.4, 0.5) is 0 Å². The highest BCUT2D eigenvalue weighted by molar-refractivity contribution is 7.98. The van der Waals surface area contributed by atoms with Crippen LogP contribution in [0.2, 0.25) is 10.0 Å². The van der Waals surface area contributed by atoms with E-state index < -0.39 is 0 Å². The number of hydrogen-bond acceptors (Lipinski definition) is 4. The smallest absolute Gasteiger partial charge is 0.262 e. The molecule has 0 aliphatic heterocycles. The van der Waals surface area contributed by atoms with Crippen molar-refractivity contribution in [2.24, 2.45) is 0 Å². The number of ether oxygens (including phenoxy) is 1. The summed E-state index contributed by atoms with van der Waals surface area (Å²) in [6.45, 7) is 0.888. The summed E-state index contributed by atoms with van der Waals surface area (Å²) in [5, 5.41) is 2.45. The molecule has 0 aliphatic rings. The molecule has 0 saturated carbocycles. The number of benzene rings is 2. The maximum atomic E-state index is 12.8. The van der Waals surface area contributed by atoms with Gasteiger partial charge in [-0.1, -0.05) is 47.1 Å². The van der Waals surface area contributed by atoms with E-state index in [1.54, 1.807) is 29.9 Å². The monoisotopic (exact) mass is 394 g/mol. The summed E-state index contributed by atoms with van der Waals surface area (Å²) >= 11 is 13.5. The highest BCUT2D eigenvalue weighted by atomic mass is 35.5. The molecule has 4 nitrogen and oxygen atoms in total. The fraction of sp³-hybridized carbons (Fsp3) is 0.222. The summed E-state index contributed by atoms with van der Waals surface area (Å²) in [5.41, 5.74) is 1.62. The Morgan fingerprint density at radius 1 is 1.12 bits per heavy atom. The van der Waals surface area contributed by atoms with Crippen molar-refractivity contribution < 1.29 is 4.74 Å². The van der Waals surface area contributed by atoms with Gasteiger partial charge in [-0.3, -0.25) is 9.36 Å². The quantitative estimate of drug-likeness (QED) is 0.451. The third-order valence-electron chi connectivity index (χ3n) is 3.68. The number of hydrogen-bond donors (Lipinski definition) is 0. The van der Waals surface area contributed by atoms with E-state index >= 15 is 0 Å². The van der Waals surface area contributed by atoms with Gasteiger partial charge in [0, 0.05) is 22.9 Å². The number of fused-ring (bicyclic) bond motifs is 1. The highest BCUT2D eigenvalue weighted by Gasteiger charge is 2.12. The van der Waals surface area contributed by atoms with Gasteiger partial charge in [-0.05, 0) is 35.9 Å². The number of methoxy groups -OCH3 is 1. The Labute approximate surface area is 159 Å². The standard InChI is InChI=1S/C18H16Cl2N2O2S/c1-24-9-8-22-17(23)15-7-6-14(20)10-16(15)21-18(22)25-11-12-2-4-13(19)5-3-12/h2-7,10H,8-9,11H2,1H3. The average Bonchev–Trinajstić information content (AvgIpc) is 2.60. The molecule has 3 rings (SSSR count). The Bertz CT molecular complexity index is 942. The van der Waals surface area contributed by atoms with E-state index in [-0.39, 0.29) is 5.56 Å². The number of thioether (sulfide) groups is 1. The second kappa shape index (κ2) is 8.23. The van der Waals surface area contributed by atoms with E-state index in [1.807, 2.05) is 24.3 Å². The molecule has 0 spiro atoms. The number of halogens is 2. The van der Waals surface area contributed by atoms with Crippen LogP contribution in [0.3, 0.4) is 0 Å². The topological polar surface area (TPSA) is 44.1 Å². The van der Waals surface area contributed by atoms with Gasteiger partial charge in [0.15, 0.2) is 5.16 Å². The molecule has 7 heteroatoms. The molecule has 1 aromatic heterocycles. The molecular weight excluding hydrogens is 379 g/mol. The van der Waals surface area contributed by atoms with E-state index in [0.717, 1.165) is 5.56 Å². The van der Waals surface area contributed by atoms with Gasteiger partial charge in [0.05, 0.1) is 24.1 Å². The second-order valence-corrected chi connectivity index (χ2v) is 7.24. The van der Waals surface area contributed by atoms with Crippen molar-refractivity contribution in [2.75, 3.05) is 13.7 Å². The molecule has 0 N–H and O–H groups in total. The van der Waals surface area contributed by atoms with Gasteiger partial charge in [-0.15, -0.1) is 0 Å². The summed E-state index contributed by atoms with van der Waals surface area (Å²) < 4.78 is 6.78. The summed E-state index contributed by atoms with van der Waals surface area (Å²) in [5.74, 6) is 0.683. The lowest BCUT2D eigenvalue weighted by Crippen LogP contribution is -2.25. The molecule has 0 fully saturated rings. The minimum absolute atomic E-state index is 0.0858. The predicted octanol–water partition coefficient (Wildman–Crippen LogP) is 4.64. The number of rotatable bonds is 6. The molecule has 2 aromatic carbocycles. The zero-order chi connectivity index (χ0) is 17.8. The summed E-state index contributed by atoms with van der Waals surface area (Å²) in [6, 6.07) is 12.8. The van der Waals surface area contributed by atoms with Crippen molar-refractivity contribution in [1.82, 2.24) is 9.55 Å². The van der Waals surface area contributed by atoms with Gasteiger partial charge in [0.2, 0.25) is 0 Å². The maximum Gasteiger partial charge on any atom is 0.262 e. The maximum absolute atomic E-state index is 12.8. The van der Waals surface area contributed by atoms with E-state index in [0.29, 0.717) is 45.0 Å². The van der Waals surface area contributed by atoms with Crippen molar-refractivity contribution in [3.63, 3.8) is 0 Å². The Balaban J connectivity index is 1.98. The minimum atomic E-state index is -0.0858. The Hall–Kier alpha value is -1.53. The number of nitrogens with zero attached hydrogens (tertiary/aromatic N) is 2. The van der Waals surface area contributed by atoms with Gasteiger partial charge in [0.25, 0.3) is 5.56 Å². The van der Waals surface area contributed by atoms with Crippen LogP contribution in [0.1, 0.15) is 5.56 Å². The molecule has 0 bridgehead atoms. The van der Waals surface area contributed by atoms with Crippen LogP contribution in [0.15, 0.2) is 52.4 Å². The lowest BCUT2D eigenvalue weighted by atomic mass is 10.2. The highest BCUT2D eigenvalue weighted by Crippen LogP contribution is 2.24. The minimum Gasteiger partial charge on any atom is -0.383 e. The molecule has 1 heterocycles. The first-order valence-corrected chi connectivity index (χ1v) is 9.39. The summed E-state index contributed by atoms with van der Waals surface area (Å²) in [4.78, 5) is 17.5. The molecule has 0 saturated heterocycles. The molecule has 3 aromatic rings. The lowest BCUT2D eigenvalue weighted by molar-refractivity contribution is 0.183. The van der Waals surface area contributed by atoms with Crippen LogP contribution < -0.4 is 5.56 Å². The second-order valence-electron chi connectivity index (χ2n) is 5.42. The fourth-order valence-corrected chi connectivity index (χ4v) is 3.67. The van der Waals surface area contributed by atoms with Gasteiger partial charge in [-0.2, -0.15) is 0 Å². The van der Waals surface area contributed by atoms with Crippen LogP contribution in [0.5, 0.6) is 0 Å². The van der Waals surface area contributed by atoms with Crippen LogP contribution in [-0.2, 0) is 17.0 Å². The van der Waals surface area contributed by atoms with E-state index in [9.17, 15) is 4.79 Å². The van der Waals surface area contributed by atoms with Crippen molar-refractivity contribution >= 4 is 45.9 Å². The van der Waals surface area contributed by atoms with Crippen LogP contribution in [0, 0.1) is 0 Å². The van der Waals surface area contributed by atoms with E-state index in [1.165, 1.54) is 11.8 Å². The number of aromatic nitrogens is 2. The zero-order valence-electron chi connectivity index (χ0n) is 13.5. The molecule has 0 aliphatic carbocycles. The molecule has 0 unspecified atom stereocenters. The molecule has 0 atom stereocenters. The van der Waals surface area contributed by atoms with Crippen molar-refractivity contribution in [3.8, 4) is 0 Å². The van der Waals surface area contributed by atoms with Crippen molar-refractivity contribution in [3.05, 3.63) is 68.4 Å². The Morgan fingerprint density at radius 2 is 1.84 bits per heavy atom. The van der Waals surface area contributed by atoms with Crippen LogP contribution in [-0.4, -0.2) is 23.3 Å². The first-order valence-electron chi connectivity index (χ1n) is 7.65. The van der Waals surface area contributed by atoms with Gasteiger partial charge < -0.3 is 4.74 Å². The summed E-state index contributed by atoms with van der Waals surface area (Å²) in [6.07, 6.45) is 0. The molecular formula is C18H16Cl2N2O2S. The van der Waals surface area contributed by atoms with Gasteiger partial charge in [-0.25, -0.2) is 4.98 Å². The molecule has 0 amide bonds. The third-order valence-corrected chi connectivity index (χ3v) is 5.22. The summed E-state index contributed by atoms with van der Waals surface area (Å²) in [7, 11) is 1.61. The van der Waals surface area contributed by atoms with Crippen molar-refractivity contribution in [1.29, 1.82) is 0 Å². The fourth-order valence-electron chi connectivity index (χ4n) is 2.39.